The number of hydrogen-bond donors (Lipinski definition) is 2. The van der Waals surface area contributed by atoms with E-state index in [0.717, 1.165) is 25.0 Å². The molecule has 2 rings (SSSR count). The van der Waals surface area contributed by atoms with Gasteiger partial charge in [0.05, 0.1) is 0 Å². The van der Waals surface area contributed by atoms with Crippen LogP contribution in [0.3, 0.4) is 0 Å². The number of carbonyl (C=O) groups is 1. The lowest BCUT2D eigenvalue weighted by Crippen LogP contribution is -2.43. The number of rotatable bonds is 3. The fourth-order valence-electron chi connectivity index (χ4n) is 2.34. The number of ether oxygens (including phenoxy) is 1. The summed E-state index contributed by atoms with van der Waals surface area (Å²) < 4.78 is 39.9. The van der Waals surface area contributed by atoms with Crippen molar-refractivity contribution < 1.29 is 27.8 Å². The lowest BCUT2D eigenvalue weighted by Gasteiger charge is -2.31. The molecule has 1 aliphatic rings. The van der Waals surface area contributed by atoms with Crippen LogP contribution in [0.15, 0.2) is 24.3 Å². The zero-order valence-corrected chi connectivity index (χ0v) is 11.8. The fraction of sp³-hybridized carbons (Fsp3) is 0.500. The average Bonchev–Trinajstić information content (AvgIpc) is 2.48. The van der Waals surface area contributed by atoms with Gasteiger partial charge in [-0.1, -0.05) is 0 Å². The highest BCUT2D eigenvalue weighted by Gasteiger charge is 2.31. The second-order valence-electron chi connectivity index (χ2n) is 5.14. The Morgan fingerprint density at radius 1 is 1.36 bits per heavy atom. The number of carbonyl (C=O) groups excluding carboxylic acids is 1. The van der Waals surface area contributed by atoms with E-state index >= 15 is 0 Å². The van der Waals surface area contributed by atoms with Gasteiger partial charge in [0.2, 0.25) is 0 Å². The van der Waals surface area contributed by atoms with E-state index in [1.807, 2.05) is 0 Å². The molecule has 1 aromatic rings. The Balaban J connectivity index is 1.91. The molecular weight excluding hydrogens is 301 g/mol. The van der Waals surface area contributed by atoms with Gasteiger partial charge in [0.15, 0.2) is 0 Å². The second kappa shape index (κ2) is 6.87. The number of nitrogens with one attached hydrogen (secondary N) is 1. The van der Waals surface area contributed by atoms with Gasteiger partial charge in [-0.05, 0) is 43.0 Å². The summed E-state index contributed by atoms with van der Waals surface area (Å²) >= 11 is 0. The third-order valence-corrected chi connectivity index (χ3v) is 3.40. The quantitative estimate of drug-likeness (QED) is 0.901. The number of hydrogen-bond acceptors (Lipinski definition) is 3. The van der Waals surface area contributed by atoms with Crippen LogP contribution in [-0.4, -0.2) is 42.1 Å². The maximum atomic E-state index is 12.1. The predicted molar refractivity (Wildman–Crippen MR) is 73.5 cm³/mol. The minimum Gasteiger partial charge on any atom is -0.406 e. The largest absolute Gasteiger partial charge is 0.573 e. The molecule has 2 N–H and O–H groups in total. The van der Waals surface area contributed by atoms with Crippen molar-refractivity contribution in [3.63, 3.8) is 0 Å². The van der Waals surface area contributed by atoms with Gasteiger partial charge in [0, 0.05) is 25.4 Å². The Morgan fingerprint density at radius 2 is 2.05 bits per heavy atom. The SMILES string of the molecule is O=C(Nc1ccc(OC(F)(F)F)cc1)N1CCCC(CO)C1. The number of benzene rings is 1. The first-order valence-electron chi connectivity index (χ1n) is 6.90. The maximum Gasteiger partial charge on any atom is 0.573 e. The van der Waals surface area contributed by atoms with Crippen LogP contribution in [0, 0.1) is 5.92 Å². The second-order valence-corrected chi connectivity index (χ2v) is 5.14. The first kappa shape index (κ1) is 16.4. The summed E-state index contributed by atoms with van der Waals surface area (Å²) in [5.74, 6) is -0.272. The van der Waals surface area contributed by atoms with Crippen molar-refractivity contribution in [3.05, 3.63) is 24.3 Å². The lowest BCUT2D eigenvalue weighted by molar-refractivity contribution is -0.274. The first-order chi connectivity index (χ1) is 10.4. The van der Waals surface area contributed by atoms with Crippen LogP contribution in [0.4, 0.5) is 23.7 Å². The molecule has 122 valence electrons. The van der Waals surface area contributed by atoms with Gasteiger partial charge in [-0.25, -0.2) is 4.79 Å². The van der Waals surface area contributed by atoms with E-state index in [1.165, 1.54) is 12.1 Å². The molecule has 22 heavy (non-hydrogen) atoms. The third-order valence-electron chi connectivity index (χ3n) is 3.40. The van der Waals surface area contributed by atoms with Gasteiger partial charge in [-0.2, -0.15) is 0 Å². The van der Waals surface area contributed by atoms with Crippen molar-refractivity contribution in [2.45, 2.75) is 19.2 Å². The van der Waals surface area contributed by atoms with E-state index < -0.39 is 6.36 Å². The van der Waals surface area contributed by atoms with Crippen LogP contribution in [0.1, 0.15) is 12.8 Å². The van der Waals surface area contributed by atoms with Crippen LogP contribution in [-0.2, 0) is 0 Å². The summed E-state index contributed by atoms with van der Waals surface area (Å²) in [6.45, 7) is 1.10. The van der Waals surface area contributed by atoms with E-state index in [1.54, 1.807) is 4.90 Å². The van der Waals surface area contributed by atoms with Crippen LogP contribution >= 0.6 is 0 Å². The number of likely N-dealkylation sites (tertiary alicyclic amines) is 1. The maximum absolute atomic E-state index is 12.1. The molecule has 0 saturated carbocycles. The Bertz CT molecular complexity index is 505. The predicted octanol–water partition coefficient (Wildman–Crippen LogP) is 2.82. The minimum atomic E-state index is -4.74. The molecule has 0 bridgehead atoms. The molecule has 1 fully saturated rings. The molecule has 1 saturated heterocycles. The number of halogens is 3. The molecule has 1 atom stereocenters. The summed E-state index contributed by atoms with van der Waals surface area (Å²) in [6.07, 6.45) is -3.04. The fourth-order valence-corrected chi connectivity index (χ4v) is 2.34. The van der Waals surface area contributed by atoms with Crippen LogP contribution < -0.4 is 10.1 Å². The molecule has 8 heteroatoms. The monoisotopic (exact) mass is 318 g/mol. The van der Waals surface area contributed by atoms with Gasteiger partial charge in [-0.15, -0.1) is 13.2 Å². The number of aliphatic hydroxyl groups is 1. The van der Waals surface area contributed by atoms with Crippen LogP contribution in [0.25, 0.3) is 0 Å². The number of amides is 2. The van der Waals surface area contributed by atoms with Crippen molar-refractivity contribution in [3.8, 4) is 5.75 Å². The summed E-state index contributed by atoms with van der Waals surface area (Å²) in [5, 5.41) is 11.8. The summed E-state index contributed by atoms with van der Waals surface area (Å²) in [4.78, 5) is 13.7. The van der Waals surface area contributed by atoms with Gasteiger partial charge in [0.25, 0.3) is 0 Å². The van der Waals surface area contributed by atoms with Crippen LogP contribution in [0.5, 0.6) is 5.75 Å². The zero-order valence-electron chi connectivity index (χ0n) is 11.8. The molecule has 0 spiro atoms. The average molecular weight is 318 g/mol. The smallest absolute Gasteiger partial charge is 0.406 e. The summed E-state index contributed by atoms with van der Waals surface area (Å²) in [6, 6.07) is 4.62. The minimum absolute atomic E-state index is 0.0350. The van der Waals surface area contributed by atoms with Gasteiger partial charge >= 0.3 is 12.4 Å². The van der Waals surface area contributed by atoms with Crippen molar-refractivity contribution in [2.24, 2.45) is 5.92 Å². The Hall–Kier alpha value is -1.96. The molecule has 0 radical (unpaired) electrons. The van der Waals surface area contributed by atoms with Gasteiger partial charge < -0.3 is 20.1 Å². The number of anilines is 1. The van der Waals surface area contributed by atoms with Gasteiger partial charge in [-0.3, -0.25) is 0 Å². The standard InChI is InChI=1S/C14H17F3N2O3/c15-14(16,17)22-12-5-3-11(4-6-12)18-13(21)19-7-1-2-10(8-19)9-20/h3-6,10,20H,1-2,7-9H2,(H,18,21). The van der Waals surface area contributed by atoms with E-state index in [2.05, 4.69) is 10.1 Å². The van der Waals surface area contributed by atoms with Crippen molar-refractivity contribution in [2.75, 3.05) is 25.0 Å². The Labute approximate surface area is 125 Å². The molecular formula is C14H17F3N2O3. The molecule has 0 aliphatic carbocycles. The van der Waals surface area contributed by atoms with Crippen LogP contribution in [0.2, 0.25) is 0 Å². The number of piperidine rings is 1. The number of aliphatic hydroxyl groups excluding tert-OH is 1. The molecule has 1 aromatic carbocycles. The van der Waals surface area contributed by atoms with E-state index in [9.17, 15) is 18.0 Å². The Morgan fingerprint density at radius 3 is 2.64 bits per heavy atom. The van der Waals surface area contributed by atoms with E-state index in [4.69, 9.17) is 5.11 Å². The molecule has 1 unspecified atom stereocenters. The molecule has 1 heterocycles. The molecule has 1 aliphatic heterocycles. The normalized spacial score (nSPS) is 18.9. The zero-order chi connectivity index (χ0) is 16.2. The highest BCUT2D eigenvalue weighted by Crippen LogP contribution is 2.24. The summed E-state index contributed by atoms with van der Waals surface area (Å²) in [7, 11) is 0. The third kappa shape index (κ3) is 4.80. The van der Waals surface area contributed by atoms with Crippen molar-refractivity contribution >= 4 is 11.7 Å². The topological polar surface area (TPSA) is 61.8 Å². The lowest BCUT2D eigenvalue weighted by atomic mass is 9.99. The first-order valence-corrected chi connectivity index (χ1v) is 6.90. The molecule has 5 nitrogen and oxygen atoms in total. The molecule has 2 amide bonds. The van der Waals surface area contributed by atoms with Crippen molar-refractivity contribution in [1.82, 2.24) is 4.90 Å². The van der Waals surface area contributed by atoms with E-state index in [-0.39, 0.29) is 24.3 Å². The highest BCUT2D eigenvalue weighted by molar-refractivity contribution is 5.89. The highest BCUT2D eigenvalue weighted by atomic mass is 19.4. The van der Waals surface area contributed by atoms with Crippen molar-refractivity contribution in [1.29, 1.82) is 0 Å². The number of nitrogens with zero attached hydrogens (tertiary/aromatic N) is 1. The Kier molecular flexibility index (Phi) is 5.12. The molecule has 0 aromatic heterocycles. The number of urea groups is 1. The van der Waals surface area contributed by atoms with Gasteiger partial charge in [0.1, 0.15) is 5.75 Å². The van der Waals surface area contributed by atoms with E-state index in [0.29, 0.717) is 18.8 Å². The summed E-state index contributed by atoms with van der Waals surface area (Å²) in [5.41, 5.74) is 0.380. The number of alkyl halides is 3.